The third-order valence-electron chi connectivity index (χ3n) is 3.91. The zero-order chi connectivity index (χ0) is 17.4. The van der Waals surface area contributed by atoms with Crippen LogP contribution < -0.4 is 0 Å². The van der Waals surface area contributed by atoms with Gasteiger partial charge < -0.3 is 9.47 Å². The molecule has 0 fully saturated rings. The Balaban J connectivity index is 3.99. The second-order valence-corrected chi connectivity index (χ2v) is 9.57. The van der Waals surface area contributed by atoms with Gasteiger partial charge >= 0.3 is 0 Å². The van der Waals surface area contributed by atoms with Crippen LogP contribution in [0.1, 0.15) is 74.7 Å². The molecule has 0 aliphatic rings. The van der Waals surface area contributed by atoms with E-state index in [0.29, 0.717) is 5.92 Å². The molecule has 0 aromatic carbocycles. The average Bonchev–Trinajstić information content (AvgIpc) is 2.33. The van der Waals surface area contributed by atoms with Crippen LogP contribution >= 0.6 is 12.6 Å². The van der Waals surface area contributed by atoms with Gasteiger partial charge in [0, 0.05) is 13.2 Å². The fourth-order valence-electron chi connectivity index (χ4n) is 2.71. The zero-order valence-corrected chi connectivity index (χ0v) is 17.2. The van der Waals surface area contributed by atoms with E-state index < -0.39 is 0 Å². The minimum Gasteiger partial charge on any atom is -0.381 e. The summed E-state index contributed by atoms with van der Waals surface area (Å²) in [5, 5.41) is 0. The van der Waals surface area contributed by atoms with Gasteiger partial charge in [0.25, 0.3) is 0 Å². The van der Waals surface area contributed by atoms with Crippen LogP contribution in [0.25, 0.3) is 0 Å². The molecule has 0 aliphatic heterocycles. The van der Waals surface area contributed by atoms with Gasteiger partial charge in [-0.2, -0.15) is 12.6 Å². The molecule has 0 rings (SSSR count). The van der Waals surface area contributed by atoms with E-state index in [2.05, 4.69) is 68.0 Å². The summed E-state index contributed by atoms with van der Waals surface area (Å²) in [5.74, 6) is 1.61. The lowest BCUT2D eigenvalue weighted by Crippen LogP contribution is -2.31. The normalized spacial score (nSPS) is 13.9. The summed E-state index contributed by atoms with van der Waals surface area (Å²) >= 11 is 4.45. The fourth-order valence-corrected chi connectivity index (χ4v) is 2.82. The number of hydrogen-bond donors (Lipinski definition) is 1. The highest BCUT2D eigenvalue weighted by atomic mass is 32.1. The predicted molar refractivity (Wildman–Crippen MR) is 101 cm³/mol. The molecule has 0 heterocycles. The lowest BCUT2D eigenvalue weighted by Gasteiger charge is -2.34. The van der Waals surface area contributed by atoms with Crippen molar-refractivity contribution in [3.05, 3.63) is 0 Å². The van der Waals surface area contributed by atoms with Gasteiger partial charge in [0.1, 0.15) is 0 Å². The average molecular weight is 333 g/mol. The minimum atomic E-state index is -0.0938. The second kappa shape index (κ2) is 9.54. The van der Waals surface area contributed by atoms with Gasteiger partial charge in [0.2, 0.25) is 0 Å². The summed E-state index contributed by atoms with van der Waals surface area (Å²) in [4.78, 5) is 0. The Morgan fingerprint density at radius 2 is 1.50 bits per heavy atom. The SMILES string of the molecule is CC(C)CCOC(C)(C)CCOCC(C)(C)CC(C)(C)CS. The van der Waals surface area contributed by atoms with Gasteiger partial charge in [-0.25, -0.2) is 0 Å². The molecule has 3 heteroatoms. The molecule has 0 aliphatic carbocycles. The van der Waals surface area contributed by atoms with Crippen molar-refractivity contribution in [2.75, 3.05) is 25.6 Å². The Morgan fingerprint density at radius 3 is 2.00 bits per heavy atom. The molecule has 0 aromatic rings. The van der Waals surface area contributed by atoms with E-state index in [0.717, 1.165) is 44.8 Å². The highest BCUT2D eigenvalue weighted by Crippen LogP contribution is 2.34. The van der Waals surface area contributed by atoms with Crippen LogP contribution in [0.4, 0.5) is 0 Å². The highest BCUT2D eigenvalue weighted by Gasteiger charge is 2.28. The number of ether oxygens (including phenoxy) is 2. The van der Waals surface area contributed by atoms with Crippen LogP contribution in [0.3, 0.4) is 0 Å². The third-order valence-corrected chi connectivity index (χ3v) is 4.77. The maximum Gasteiger partial charge on any atom is 0.0648 e. The summed E-state index contributed by atoms with van der Waals surface area (Å²) in [6, 6.07) is 0. The second-order valence-electron chi connectivity index (χ2n) is 9.26. The first-order chi connectivity index (χ1) is 9.89. The van der Waals surface area contributed by atoms with Gasteiger partial charge in [0.15, 0.2) is 0 Å². The van der Waals surface area contributed by atoms with Crippen molar-refractivity contribution in [1.82, 2.24) is 0 Å². The molecule has 0 atom stereocenters. The Labute approximate surface area is 145 Å². The maximum absolute atomic E-state index is 5.98. The van der Waals surface area contributed by atoms with Crippen molar-refractivity contribution < 1.29 is 9.47 Å². The first-order valence-corrected chi connectivity index (χ1v) is 9.35. The molecular formula is C19H40O2S. The van der Waals surface area contributed by atoms with E-state index in [-0.39, 0.29) is 16.4 Å². The molecule has 0 amide bonds. The maximum atomic E-state index is 5.98. The van der Waals surface area contributed by atoms with Gasteiger partial charge in [0.05, 0.1) is 12.2 Å². The van der Waals surface area contributed by atoms with Crippen molar-refractivity contribution in [3.8, 4) is 0 Å². The Bertz CT molecular complexity index is 296. The monoisotopic (exact) mass is 332 g/mol. The Kier molecular flexibility index (Phi) is 9.65. The molecular weight excluding hydrogens is 292 g/mol. The minimum absolute atomic E-state index is 0.0938. The van der Waals surface area contributed by atoms with Gasteiger partial charge in [-0.1, -0.05) is 41.5 Å². The summed E-state index contributed by atoms with van der Waals surface area (Å²) in [7, 11) is 0. The van der Waals surface area contributed by atoms with Gasteiger partial charge in [-0.15, -0.1) is 0 Å². The smallest absolute Gasteiger partial charge is 0.0648 e. The molecule has 0 bridgehead atoms. The van der Waals surface area contributed by atoms with E-state index in [1.807, 2.05) is 0 Å². The van der Waals surface area contributed by atoms with E-state index >= 15 is 0 Å². The standard InChI is InChI=1S/C19H40O2S/c1-16(2)9-11-21-19(7,8)10-12-20-14-17(3,4)13-18(5,6)15-22/h16,22H,9-15H2,1-8H3. The van der Waals surface area contributed by atoms with Crippen molar-refractivity contribution in [3.63, 3.8) is 0 Å². The Hall–Kier alpha value is 0.270. The van der Waals surface area contributed by atoms with Crippen molar-refractivity contribution in [2.45, 2.75) is 80.3 Å². The van der Waals surface area contributed by atoms with E-state index in [1.165, 1.54) is 0 Å². The first-order valence-electron chi connectivity index (χ1n) is 8.72. The van der Waals surface area contributed by atoms with E-state index in [1.54, 1.807) is 0 Å². The molecule has 0 saturated carbocycles. The van der Waals surface area contributed by atoms with E-state index in [9.17, 15) is 0 Å². The third kappa shape index (κ3) is 11.8. The largest absolute Gasteiger partial charge is 0.381 e. The summed E-state index contributed by atoms with van der Waals surface area (Å²) in [5.41, 5.74) is 0.355. The lowest BCUT2D eigenvalue weighted by molar-refractivity contribution is -0.0522. The topological polar surface area (TPSA) is 18.5 Å². The van der Waals surface area contributed by atoms with Crippen LogP contribution in [-0.4, -0.2) is 31.2 Å². The van der Waals surface area contributed by atoms with Crippen molar-refractivity contribution >= 4 is 12.6 Å². The number of rotatable bonds is 12. The molecule has 2 nitrogen and oxygen atoms in total. The Morgan fingerprint density at radius 1 is 0.909 bits per heavy atom. The lowest BCUT2D eigenvalue weighted by atomic mass is 9.76. The summed E-state index contributed by atoms with van der Waals surface area (Å²) in [6.45, 7) is 20.3. The van der Waals surface area contributed by atoms with Crippen LogP contribution in [0.15, 0.2) is 0 Å². The molecule has 0 unspecified atom stereocenters. The molecule has 0 radical (unpaired) electrons. The molecule has 0 saturated heterocycles. The first kappa shape index (κ1) is 22.3. The van der Waals surface area contributed by atoms with E-state index in [4.69, 9.17) is 9.47 Å². The quantitative estimate of drug-likeness (QED) is 0.370. The molecule has 22 heavy (non-hydrogen) atoms. The number of thiol groups is 1. The predicted octanol–water partition coefficient (Wildman–Crippen LogP) is 5.61. The molecule has 0 N–H and O–H groups in total. The highest BCUT2D eigenvalue weighted by molar-refractivity contribution is 7.80. The van der Waals surface area contributed by atoms with Crippen LogP contribution in [-0.2, 0) is 9.47 Å². The van der Waals surface area contributed by atoms with Crippen LogP contribution in [0, 0.1) is 16.7 Å². The molecule has 134 valence electrons. The molecule has 0 spiro atoms. The van der Waals surface area contributed by atoms with Gasteiger partial charge in [-0.05, 0) is 55.6 Å². The fraction of sp³-hybridized carbons (Fsp3) is 1.00. The number of hydrogen-bond acceptors (Lipinski definition) is 3. The summed E-state index contributed by atoms with van der Waals surface area (Å²) in [6.07, 6.45) is 3.19. The van der Waals surface area contributed by atoms with Crippen molar-refractivity contribution in [2.24, 2.45) is 16.7 Å². The van der Waals surface area contributed by atoms with Crippen LogP contribution in [0.2, 0.25) is 0 Å². The van der Waals surface area contributed by atoms with Crippen LogP contribution in [0.5, 0.6) is 0 Å². The summed E-state index contributed by atoms with van der Waals surface area (Å²) < 4.78 is 11.9. The van der Waals surface area contributed by atoms with Crippen molar-refractivity contribution in [1.29, 1.82) is 0 Å². The van der Waals surface area contributed by atoms with Gasteiger partial charge in [-0.3, -0.25) is 0 Å². The zero-order valence-electron chi connectivity index (χ0n) is 16.3. The molecule has 0 aromatic heterocycles.